The Bertz CT molecular complexity index is 1530. The van der Waals surface area contributed by atoms with Gasteiger partial charge in [0.1, 0.15) is 0 Å². The first-order valence-corrected chi connectivity index (χ1v) is 14.2. The lowest BCUT2D eigenvalue weighted by atomic mass is 9.79. The highest BCUT2D eigenvalue weighted by molar-refractivity contribution is 14.1. The summed E-state index contributed by atoms with van der Waals surface area (Å²) >= 11 is 2.40. The molecule has 0 bridgehead atoms. The van der Waals surface area contributed by atoms with Crippen molar-refractivity contribution in [3.63, 3.8) is 0 Å². The molecule has 5 aromatic carbocycles. The number of hydrogen-bond acceptors (Lipinski definition) is 0. The number of halogens is 1. The molecule has 0 unspecified atom stereocenters. The van der Waals surface area contributed by atoms with Crippen LogP contribution in [0.5, 0.6) is 0 Å². The van der Waals surface area contributed by atoms with Crippen molar-refractivity contribution in [1.82, 2.24) is 0 Å². The van der Waals surface area contributed by atoms with Crippen LogP contribution in [0.3, 0.4) is 0 Å². The van der Waals surface area contributed by atoms with Crippen LogP contribution in [-0.2, 0) is 11.8 Å². The van der Waals surface area contributed by atoms with E-state index in [0.29, 0.717) is 5.92 Å². The molecule has 0 aromatic heterocycles. The molecule has 5 aromatic rings. The molecule has 0 fully saturated rings. The average molecular weight is 591 g/mol. The van der Waals surface area contributed by atoms with Crippen molar-refractivity contribution in [2.75, 3.05) is 0 Å². The molecule has 1 aliphatic carbocycles. The summed E-state index contributed by atoms with van der Waals surface area (Å²) < 4.78 is 1.28. The second-order valence-corrected chi connectivity index (χ2v) is 11.9. The molecule has 1 heteroatoms. The Kier molecular flexibility index (Phi) is 6.50. The first-order chi connectivity index (χ1) is 18.0. The highest BCUT2D eigenvalue weighted by Gasteiger charge is 2.35. The van der Waals surface area contributed by atoms with Crippen molar-refractivity contribution < 1.29 is 0 Å². The second-order valence-electron chi connectivity index (χ2n) is 10.7. The molecule has 0 nitrogen and oxygen atoms in total. The lowest BCUT2D eigenvalue weighted by Gasteiger charge is -2.24. The average Bonchev–Trinajstić information content (AvgIpc) is 3.17. The van der Waals surface area contributed by atoms with E-state index in [4.69, 9.17) is 0 Å². The van der Waals surface area contributed by atoms with Crippen molar-refractivity contribution in [3.8, 4) is 22.3 Å². The van der Waals surface area contributed by atoms with Crippen LogP contribution >= 0.6 is 22.6 Å². The van der Waals surface area contributed by atoms with Gasteiger partial charge in [-0.15, -0.1) is 0 Å². The number of hydrogen-bond donors (Lipinski definition) is 0. The van der Waals surface area contributed by atoms with E-state index in [0.717, 1.165) is 12.8 Å². The summed E-state index contributed by atoms with van der Waals surface area (Å²) in [4.78, 5) is 0. The van der Waals surface area contributed by atoms with Crippen molar-refractivity contribution in [2.24, 2.45) is 0 Å². The maximum absolute atomic E-state index is 2.50. The van der Waals surface area contributed by atoms with Gasteiger partial charge in [-0.3, -0.25) is 0 Å². The van der Waals surface area contributed by atoms with Gasteiger partial charge in [0.15, 0.2) is 0 Å². The number of aryl methyl sites for hydroxylation is 1. The molecule has 37 heavy (non-hydrogen) atoms. The predicted molar refractivity (Wildman–Crippen MR) is 165 cm³/mol. The molecular weight excluding hydrogens is 559 g/mol. The van der Waals surface area contributed by atoms with Crippen LogP contribution in [0.2, 0.25) is 0 Å². The van der Waals surface area contributed by atoms with Gasteiger partial charge in [0.05, 0.1) is 0 Å². The Balaban J connectivity index is 1.32. The summed E-state index contributed by atoms with van der Waals surface area (Å²) in [7, 11) is 0. The van der Waals surface area contributed by atoms with Gasteiger partial charge >= 0.3 is 0 Å². The van der Waals surface area contributed by atoms with Crippen LogP contribution in [0.1, 0.15) is 54.0 Å². The standard InChI is InChI=1S/C36H31I/c1-36(2)34-11-7-6-10-32(34)33-23-19-29(24-35(33)36)31(28-17-20-30(37)21-18-28)22-14-25-12-15-27(16-13-25)26-8-4-3-5-9-26/h3-13,15-21,23-24,31H,14,22H2,1-2H3/t31-/m0/s1. The van der Waals surface area contributed by atoms with Crippen LogP contribution in [0.25, 0.3) is 22.3 Å². The third-order valence-corrected chi connectivity index (χ3v) is 8.78. The summed E-state index contributed by atoms with van der Waals surface area (Å²) in [6.07, 6.45) is 2.13. The van der Waals surface area contributed by atoms with Gasteiger partial charge < -0.3 is 0 Å². The minimum absolute atomic E-state index is 0.0197. The van der Waals surface area contributed by atoms with Crippen molar-refractivity contribution in [2.45, 2.75) is 38.0 Å². The molecule has 6 rings (SSSR count). The van der Waals surface area contributed by atoms with Gasteiger partial charge in [-0.1, -0.05) is 123 Å². The van der Waals surface area contributed by atoms with Gasteiger partial charge in [-0.05, 0) is 97.6 Å². The minimum Gasteiger partial charge on any atom is -0.0622 e. The van der Waals surface area contributed by atoms with Gasteiger partial charge in [0.2, 0.25) is 0 Å². The third kappa shape index (κ3) is 4.66. The summed E-state index contributed by atoms with van der Waals surface area (Å²) in [6.45, 7) is 4.74. The highest BCUT2D eigenvalue weighted by atomic mass is 127. The first-order valence-electron chi connectivity index (χ1n) is 13.1. The van der Waals surface area contributed by atoms with Crippen LogP contribution in [0.4, 0.5) is 0 Å². The molecule has 0 radical (unpaired) electrons. The van der Waals surface area contributed by atoms with E-state index >= 15 is 0 Å². The topological polar surface area (TPSA) is 0 Å². The predicted octanol–water partition coefficient (Wildman–Crippen LogP) is 10.0. The van der Waals surface area contributed by atoms with Crippen LogP contribution in [0, 0.1) is 3.57 Å². The highest BCUT2D eigenvalue weighted by Crippen LogP contribution is 2.49. The fourth-order valence-electron chi connectivity index (χ4n) is 5.96. The SMILES string of the molecule is CC1(C)c2ccccc2-c2ccc([C@@H](CCc3ccc(-c4ccccc4)cc3)c3ccc(I)cc3)cc21. The monoisotopic (exact) mass is 590 g/mol. The number of benzene rings is 5. The van der Waals surface area contributed by atoms with Crippen molar-refractivity contribution in [3.05, 3.63) is 153 Å². The van der Waals surface area contributed by atoms with Gasteiger partial charge in [-0.25, -0.2) is 0 Å². The van der Waals surface area contributed by atoms with Gasteiger partial charge in [0, 0.05) is 14.9 Å². The fraction of sp³-hybridized carbons (Fsp3) is 0.167. The van der Waals surface area contributed by atoms with E-state index < -0.39 is 0 Å². The molecule has 0 spiro atoms. The second kappa shape index (κ2) is 9.95. The molecule has 0 aliphatic heterocycles. The molecule has 1 aliphatic rings. The summed E-state index contributed by atoms with van der Waals surface area (Å²) in [5.74, 6) is 0.357. The van der Waals surface area contributed by atoms with Crippen LogP contribution < -0.4 is 0 Å². The molecule has 1 atom stereocenters. The van der Waals surface area contributed by atoms with E-state index in [1.54, 1.807) is 0 Å². The molecule has 0 saturated heterocycles. The molecule has 0 N–H and O–H groups in total. The van der Waals surface area contributed by atoms with E-state index in [9.17, 15) is 0 Å². The van der Waals surface area contributed by atoms with E-state index in [1.807, 2.05) is 0 Å². The minimum atomic E-state index is 0.0197. The Morgan fingerprint density at radius 1 is 0.595 bits per heavy atom. The zero-order valence-corrected chi connectivity index (χ0v) is 23.6. The quantitative estimate of drug-likeness (QED) is 0.173. The number of rotatable bonds is 6. The zero-order chi connectivity index (χ0) is 25.4. The normalized spacial score (nSPS) is 14.1. The number of fused-ring (bicyclic) bond motifs is 3. The molecular formula is C36H31I. The Morgan fingerprint density at radius 2 is 1.22 bits per heavy atom. The van der Waals surface area contributed by atoms with Crippen LogP contribution in [0.15, 0.2) is 121 Å². The van der Waals surface area contributed by atoms with Crippen LogP contribution in [-0.4, -0.2) is 0 Å². The smallest absolute Gasteiger partial charge is 0.0158 e. The lowest BCUT2D eigenvalue weighted by molar-refractivity contribution is 0.654. The first kappa shape index (κ1) is 24.2. The van der Waals surface area contributed by atoms with E-state index in [-0.39, 0.29) is 5.41 Å². The summed E-state index contributed by atoms with van der Waals surface area (Å²) in [5.41, 5.74) is 12.4. The van der Waals surface area contributed by atoms with Crippen molar-refractivity contribution in [1.29, 1.82) is 0 Å². The molecule has 182 valence electrons. The maximum Gasteiger partial charge on any atom is 0.0158 e. The fourth-order valence-corrected chi connectivity index (χ4v) is 6.32. The molecule has 0 saturated carbocycles. The largest absolute Gasteiger partial charge is 0.0622 e. The Hall–Kier alpha value is -3.17. The van der Waals surface area contributed by atoms with E-state index in [2.05, 4.69) is 158 Å². The third-order valence-electron chi connectivity index (χ3n) is 8.07. The van der Waals surface area contributed by atoms with E-state index in [1.165, 1.54) is 53.6 Å². The molecule has 0 amide bonds. The Labute approximate surface area is 234 Å². The molecule has 0 heterocycles. The maximum atomic E-state index is 2.50. The van der Waals surface area contributed by atoms with Gasteiger partial charge in [0.25, 0.3) is 0 Å². The van der Waals surface area contributed by atoms with Crippen molar-refractivity contribution >= 4 is 22.6 Å². The lowest BCUT2D eigenvalue weighted by Crippen LogP contribution is -2.15. The summed E-state index contributed by atoms with van der Waals surface area (Å²) in [5, 5.41) is 0. The van der Waals surface area contributed by atoms with Gasteiger partial charge in [-0.2, -0.15) is 0 Å². The Morgan fingerprint density at radius 3 is 1.97 bits per heavy atom. The zero-order valence-electron chi connectivity index (χ0n) is 21.4. The summed E-state index contributed by atoms with van der Waals surface area (Å²) in [6, 6.07) is 45.0.